The fourth-order valence-electron chi connectivity index (χ4n) is 1.85. The Kier molecular flexibility index (Phi) is 2.89. The number of hydrogen-bond donors (Lipinski definition) is 2. The standard InChI is InChI=1S/C13H9ClN4O/c14-12-5-10(9-3-1-2-4-11(9)18-12)13(19)17-8-6-15-16-7-8/h1-7H,(H,15,16)(H,17,19). The van der Waals surface area contributed by atoms with Crippen molar-refractivity contribution in [3.63, 3.8) is 0 Å². The van der Waals surface area contributed by atoms with Crippen LogP contribution in [0.5, 0.6) is 0 Å². The highest BCUT2D eigenvalue weighted by molar-refractivity contribution is 6.30. The van der Waals surface area contributed by atoms with Crippen LogP contribution in [0, 0.1) is 0 Å². The van der Waals surface area contributed by atoms with Gasteiger partial charge in [0.2, 0.25) is 0 Å². The third-order valence-electron chi connectivity index (χ3n) is 2.69. The van der Waals surface area contributed by atoms with Crippen molar-refractivity contribution < 1.29 is 4.79 Å². The Labute approximate surface area is 113 Å². The normalized spacial score (nSPS) is 10.6. The molecule has 0 bridgehead atoms. The van der Waals surface area contributed by atoms with Gasteiger partial charge in [-0.05, 0) is 12.1 Å². The van der Waals surface area contributed by atoms with E-state index >= 15 is 0 Å². The van der Waals surface area contributed by atoms with Crippen molar-refractivity contribution in [1.82, 2.24) is 15.2 Å². The van der Waals surface area contributed by atoms with Gasteiger partial charge in [-0.15, -0.1) is 0 Å². The number of hydrogen-bond acceptors (Lipinski definition) is 3. The molecule has 0 spiro atoms. The van der Waals surface area contributed by atoms with Crippen molar-refractivity contribution in [2.24, 2.45) is 0 Å². The summed E-state index contributed by atoms with van der Waals surface area (Å²) in [6, 6.07) is 8.91. The summed E-state index contributed by atoms with van der Waals surface area (Å²) < 4.78 is 0. The largest absolute Gasteiger partial charge is 0.319 e. The van der Waals surface area contributed by atoms with Crippen molar-refractivity contribution in [1.29, 1.82) is 0 Å². The number of amides is 1. The van der Waals surface area contributed by atoms with Crippen molar-refractivity contribution in [2.45, 2.75) is 0 Å². The zero-order chi connectivity index (χ0) is 13.2. The number of rotatable bonds is 2. The van der Waals surface area contributed by atoms with Crippen LogP contribution in [0.4, 0.5) is 5.69 Å². The molecule has 0 aliphatic carbocycles. The smallest absolute Gasteiger partial charge is 0.256 e. The second-order valence-corrected chi connectivity index (χ2v) is 4.34. The number of fused-ring (bicyclic) bond motifs is 1. The summed E-state index contributed by atoms with van der Waals surface area (Å²) in [6.07, 6.45) is 3.13. The lowest BCUT2D eigenvalue weighted by Gasteiger charge is -2.06. The van der Waals surface area contributed by atoms with Crippen LogP contribution in [0.25, 0.3) is 10.9 Å². The van der Waals surface area contributed by atoms with Gasteiger partial charge in [0.05, 0.1) is 23.0 Å². The Morgan fingerprint density at radius 2 is 2.16 bits per heavy atom. The minimum Gasteiger partial charge on any atom is -0.319 e. The lowest BCUT2D eigenvalue weighted by molar-refractivity contribution is 0.102. The molecule has 3 aromatic rings. The van der Waals surface area contributed by atoms with Crippen LogP contribution in [-0.2, 0) is 0 Å². The molecule has 0 atom stereocenters. The number of carbonyl (C=O) groups is 1. The van der Waals surface area contributed by atoms with Crippen LogP contribution in [-0.4, -0.2) is 21.1 Å². The maximum absolute atomic E-state index is 12.2. The summed E-state index contributed by atoms with van der Waals surface area (Å²) in [5.41, 5.74) is 1.77. The van der Waals surface area contributed by atoms with Gasteiger partial charge in [-0.25, -0.2) is 4.98 Å². The molecule has 1 amide bonds. The van der Waals surface area contributed by atoms with E-state index in [9.17, 15) is 4.79 Å². The predicted octanol–water partition coefficient (Wildman–Crippen LogP) is 2.86. The van der Waals surface area contributed by atoms with E-state index in [4.69, 9.17) is 11.6 Å². The van der Waals surface area contributed by atoms with Gasteiger partial charge >= 0.3 is 0 Å². The maximum Gasteiger partial charge on any atom is 0.256 e. The van der Waals surface area contributed by atoms with E-state index in [1.165, 1.54) is 6.20 Å². The van der Waals surface area contributed by atoms with Crippen LogP contribution >= 0.6 is 11.6 Å². The Hall–Kier alpha value is -2.40. The highest BCUT2D eigenvalue weighted by Crippen LogP contribution is 2.21. The molecule has 19 heavy (non-hydrogen) atoms. The molecule has 0 aliphatic rings. The quantitative estimate of drug-likeness (QED) is 0.705. The van der Waals surface area contributed by atoms with Gasteiger partial charge in [0.15, 0.2) is 0 Å². The Morgan fingerprint density at radius 1 is 1.32 bits per heavy atom. The topological polar surface area (TPSA) is 70.7 Å². The number of halogens is 1. The SMILES string of the molecule is O=C(Nc1cn[nH]c1)c1cc(Cl)nc2ccccc12. The molecule has 0 radical (unpaired) electrons. The summed E-state index contributed by atoms with van der Waals surface area (Å²) in [7, 11) is 0. The summed E-state index contributed by atoms with van der Waals surface area (Å²) in [6.45, 7) is 0. The minimum atomic E-state index is -0.248. The van der Waals surface area contributed by atoms with E-state index in [-0.39, 0.29) is 11.1 Å². The highest BCUT2D eigenvalue weighted by Gasteiger charge is 2.12. The number of nitrogens with one attached hydrogen (secondary N) is 2. The second-order valence-electron chi connectivity index (χ2n) is 3.95. The van der Waals surface area contributed by atoms with Gasteiger partial charge in [-0.2, -0.15) is 5.10 Å². The molecule has 0 aliphatic heterocycles. The molecular weight excluding hydrogens is 264 g/mol. The van der Waals surface area contributed by atoms with Crippen LogP contribution < -0.4 is 5.32 Å². The molecule has 2 N–H and O–H groups in total. The van der Waals surface area contributed by atoms with Gasteiger partial charge in [-0.1, -0.05) is 29.8 Å². The molecule has 5 nitrogen and oxygen atoms in total. The summed E-state index contributed by atoms with van der Waals surface area (Å²) in [5.74, 6) is -0.248. The lowest BCUT2D eigenvalue weighted by Crippen LogP contribution is -2.12. The molecule has 0 saturated carbocycles. The van der Waals surface area contributed by atoms with E-state index in [1.807, 2.05) is 24.3 Å². The molecule has 0 saturated heterocycles. The van der Waals surface area contributed by atoms with Gasteiger partial charge in [0, 0.05) is 11.6 Å². The molecule has 2 heterocycles. The van der Waals surface area contributed by atoms with Crippen LogP contribution in [0.1, 0.15) is 10.4 Å². The number of para-hydroxylation sites is 1. The van der Waals surface area contributed by atoms with E-state index in [0.29, 0.717) is 16.8 Å². The molecule has 0 fully saturated rings. The zero-order valence-corrected chi connectivity index (χ0v) is 10.5. The first kappa shape index (κ1) is 11.7. The third-order valence-corrected chi connectivity index (χ3v) is 2.88. The number of carbonyl (C=O) groups excluding carboxylic acids is 1. The first-order valence-electron chi connectivity index (χ1n) is 5.59. The Bertz CT molecular complexity index is 739. The molecule has 94 valence electrons. The van der Waals surface area contributed by atoms with E-state index in [0.717, 1.165) is 5.39 Å². The van der Waals surface area contributed by atoms with Crippen LogP contribution in [0.2, 0.25) is 5.15 Å². The van der Waals surface area contributed by atoms with Crippen molar-refractivity contribution in [2.75, 3.05) is 5.32 Å². The first-order valence-corrected chi connectivity index (χ1v) is 5.97. The third kappa shape index (κ3) is 2.28. The molecule has 3 rings (SSSR count). The maximum atomic E-state index is 12.2. The molecule has 0 unspecified atom stereocenters. The monoisotopic (exact) mass is 272 g/mol. The fraction of sp³-hybridized carbons (Fsp3) is 0. The summed E-state index contributed by atoms with van der Waals surface area (Å²) in [5, 5.41) is 10.2. The number of benzene rings is 1. The highest BCUT2D eigenvalue weighted by atomic mass is 35.5. The van der Waals surface area contributed by atoms with Crippen LogP contribution in [0.3, 0.4) is 0 Å². The van der Waals surface area contributed by atoms with E-state index in [1.54, 1.807) is 12.3 Å². The summed E-state index contributed by atoms with van der Waals surface area (Å²) >= 11 is 5.94. The second kappa shape index (κ2) is 4.70. The molecule has 6 heteroatoms. The minimum absolute atomic E-state index is 0.248. The summed E-state index contributed by atoms with van der Waals surface area (Å²) in [4.78, 5) is 16.4. The Balaban J connectivity index is 2.06. The predicted molar refractivity (Wildman–Crippen MR) is 73.3 cm³/mol. The average molecular weight is 273 g/mol. The average Bonchev–Trinajstić information content (AvgIpc) is 2.90. The van der Waals surface area contributed by atoms with Crippen molar-refractivity contribution >= 4 is 34.1 Å². The number of pyridine rings is 1. The molecule has 1 aromatic carbocycles. The van der Waals surface area contributed by atoms with Gasteiger partial charge < -0.3 is 5.32 Å². The molecular formula is C13H9ClN4O. The number of anilines is 1. The number of H-pyrrole nitrogens is 1. The molecule has 2 aromatic heterocycles. The zero-order valence-electron chi connectivity index (χ0n) is 9.72. The first-order chi connectivity index (χ1) is 9.24. The number of aromatic nitrogens is 3. The van der Waals surface area contributed by atoms with Crippen molar-refractivity contribution in [3.05, 3.63) is 53.4 Å². The van der Waals surface area contributed by atoms with Crippen molar-refractivity contribution in [3.8, 4) is 0 Å². The number of nitrogens with zero attached hydrogens (tertiary/aromatic N) is 2. The Morgan fingerprint density at radius 3 is 2.95 bits per heavy atom. The van der Waals surface area contributed by atoms with Crippen LogP contribution in [0.15, 0.2) is 42.7 Å². The van der Waals surface area contributed by atoms with Gasteiger partial charge in [0.25, 0.3) is 5.91 Å². The van der Waals surface area contributed by atoms with E-state index < -0.39 is 0 Å². The lowest BCUT2D eigenvalue weighted by atomic mass is 10.1. The number of aromatic amines is 1. The van der Waals surface area contributed by atoms with E-state index in [2.05, 4.69) is 20.5 Å². The fourth-order valence-corrected chi connectivity index (χ4v) is 2.05. The van der Waals surface area contributed by atoms with Gasteiger partial charge in [0.1, 0.15) is 5.15 Å². The van der Waals surface area contributed by atoms with Gasteiger partial charge in [-0.3, -0.25) is 9.89 Å².